The third-order valence-electron chi connectivity index (χ3n) is 2.58. The minimum atomic E-state index is -3.23. The van der Waals surface area contributed by atoms with Crippen molar-refractivity contribution in [3.8, 4) is 0 Å². The summed E-state index contributed by atoms with van der Waals surface area (Å²) in [5, 5.41) is 3.17. The number of halogens is 1. The van der Waals surface area contributed by atoms with Gasteiger partial charge in [-0.15, -0.1) is 12.4 Å². The smallest absolute Gasteiger partial charge is 0.282 e. The van der Waals surface area contributed by atoms with Crippen molar-refractivity contribution in [1.29, 1.82) is 0 Å². The molecule has 0 aromatic heterocycles. The molecule has 0 bridgehead atoms. The highest BCUT2D eigenvalue weighted by Gasteiger charge is 2.31. The molecule has 1 aliphatic rings. The molecule has 1 rings (SSSR count). The number of nitrogens with one attached hydrogen (secondary N) is 1. The van der Waals surface area contributed by atoms with Crippen molar-refractivity contribution in [2.24, 2.45) is 0 Å². The lowest BCUT2D eigenvalue weighted by Gasteiger charge is -2.35. The summed E-state index contributed by atoms with van der Waals surface area (Å²) in [6.45, 7) is 6.31. The summed E-state index contributed by atoms with van der Waals surface area (Å²) in [6, 6.07) is 0.0442. The predicted molar refractivity (Wildman–Crippen MR) is 63.5 cm³/mol. The fourth-order valence-corrected chi connectivity index (χ4v) is 3.04. The van der Waals surface area contributed by atoms with Gasteiger partial charge in [-0.2, -0.15) is 17.0 Å². The number of hydrogen-bond acceptors (Lipinski definition) is 3. The fraction of sp³-hybridized carbons (Fsp3) is 1.00. The van der Waals surface area contributed by atoms with Gasteiger partial charge in [0.2, 0.25) is 0 Å². The molecule has 5 nitrogen and oxygen atoms in total. The first-order valence-corrected chi connectivity index (χ1v) is 6.33. The SMILES string of the molecule is CCN(C)S(=O)(=O)N1CCNC[C@@H]1C.Cl. The average molecular weight is 258 g/mol. The van der Waals surface area contributed by atoms with Crippen molar-refractivity contribution in [3.63, 3.8) is 0 Å². The van der Waals surface area contributed by atoms with Gasteiger partial charge in [0.25, 0.3) is 10.2 Å². The fourth-order valence-electron chi connectivity index (χ4n) is 1.51. The summed E-state index contributed by atoms with van der Waals surface area (Å²) in [6.07, 6.45) is 0. The zero-order valence-corrected chi connectivity index (χ0v) is 11.1. The van der Waals surface area contributed by atoms with Crippen LogP contribution in [0.5, 0.6) is 0 Å². The zero-order chi connectivity index (χ0) is 10.8. The number of piperazine rings is 1. The molecule has 0 radical (unpaired) electrons. The molecule has 1 aliphatic heterocycles. The summed E-state index contributed by atoms with van der Waals surface area (Å²) in [7, 11) is -1.62. The topological polar surface area (TPSA) is 52.7 Å². The van der Waals surface area contributed by atoms with Crippen LogP contribution in [0.4, 0.5) is 0 Å². The van der Waals surface area contributed by atoms with Crippen LogP contribution in [0.2, 0.25) is 0 Å². The molecule has 92 valence electrons. The Balaban J connectivity index is 0.00000196. The van der Waals surface area contributed by atoms with Crippen LogP contribution in [-0.4, -0.2) is 56.3 Å². The van der Waals surface area contributed by atoms with E-state index in [0.29, 0.717) is 13.1 Å². The average Bonchev–Trinajstić information content (AvgIpc) is 2.17. The van der Waals surface area contributed by atoms with Crippen molar-refractivity contribution in [1.82, 2.24) is 13.9 Å². The molecule has 15 heavy (non-hydrogen) atoms. The summed E-state index contributed by atoms with van der Waals surface area (Å²) < 4.78 is 26.8. The molecule has 1 saturated heterocycles. The third kappa shape index (κ3) is 3.29. The Morgan fingerprint density at radius 2 is 2.13 bits per heavy atom. The minimum Gasteiger partial charge on any atom is -0.314 e. The van der Waals surface area contributed by atoms with Gasteiger partial charge in [-0.1, -0.05) is 6.92 Å². The van der Waals surface area contributed by atoms with E-state index in [1.165, 1.54) is 4.31 Å². The molecule has 1 fully saturated rings. The quantitative estimate of drug-likeness (QED) is 0.768. The van der Waals surface area contributed by atoms with Gasteiger partial charge in [-0.05, 0) is 6.92 Å². The van der Waals surface area contributed by atoms with Crippen molar-refractivity contribution >= 4 is 22.6 Å². The van der Waals surface area contributed by atoms with Crippen LogP contribution in [-0.2, 0) is 10.2 Å². The Bertz CT molecular complexity index is 284. The normalized spacial score (nSPS) is 23.9. The minimum absolute atomic E-state index is 0. The third-order valence-corrected chi connectivity index (χ3v) is 4.76. The monoisotopic (exact) mass is 257 g/mol. The number of rotatable bonds is 3. The summed E-state index contributed by atoms with van der Waals surface area (Å²) in [5.74, 6) is 0. The summed E-state index contributed by atoms with van der Waals surface area (Å²) >= 11 is 0. The highest BCUT2D eigenvalue weighted by molar-refractivity contribution is 7.86. The summed E-state index contributed by atoms with van der Waals surface area (Å²) in [4.78, 5) is 0. The number of nitrogens with zero attached hydrogens (tertiary/aromatic N) is 2. The van der Waals surface area contributed by atoms with Gasteiger partial charge in [0.05, 0.1) is 0 Å². The maximum atomic E-state index is 12.0. The van der Waals surface area contributed by atoms with Gasteiger partial charge in [-0.25, -0.2) is 0 Å². The van der Waals surface area contributed by atoms with Crippen LogP contribution >= 0.6 is 12.4 Å². The van der Waals surface area contributed by atoms with E-state index in [1.807, 2.05) is 13.8 Å². The molecule has 0 aromatic rings. The van der Waals surface area contributed by atoms with E-state index in [4.69, 9.17) is 0 Å². The second-order valence-corrected chi connectivity index (χ2v) is 5.57. The maximum Gasteiger partial charge on any atom is 0.282 e. The first kappa shape index (κ1) is 15.1. The van der Waals surface area contributed by atoms with Gasteiger partial charge in [0.15, 0.2) is 0 Å². The van der Waals surface area contributed by atoms with Crippen LogP contribution in [0.25, 0.3) is 0 Å². The first-order chi connectivity index (χ1) is 6.50. The maximum absolute atomic E-state index is 12.0. The van der Waals surface area contributed by atoms with Crippen LogP contribution in [0, 0.1) is 0 Å². The van der Waals surface area contributed by atoms with E-state index in [9.17, 15) is 8.42 Å². The molecule has 7 heteroatoms. The Kier molecular flexibility index (Phi) is 6.05. The Morgan fingerprint density at radius 1 is 1.53 bits per heavy atom. The zero-order valence-electron chi connectivity index (χ0n) is 9.43. The van der Waals surface area contributed by atoms with Crippen molar-refractivity contribution in [2.45, 2.75) is 19.9 Å². The van der Waals surface area contributed by atoms with Crippen molar-refractivity contribution in [3.05, 3.63) is 0 Å². The number of hydrogen-bond donors (Lipinski definition) is 1. The highest BCUT2D eigenvalue weighted by atomic mass is 35.5. The molecular formula is C8H20ClN3O2S. The second-order valence-electron chi connectivity index (χ2n) is 3.59. The van der Waals surface area contributed by atoms with Gasteiger partial charge >= 0.3 is 0 Å². The van der Waals surface area contributed by atoms with Crippen LogP contribution < -0.4 is 5.32 Å². The lowest BCUT2D eigenvalue weighted by Crippen LogP contribution is -2.55. The first-order valence-electron chi connectivity index (χ1n) is 4.94. The molecule has 0 spiro atoms. The van der Waals surface area contributed by atoms with E-state index < -0.39 is 10.2 Å². The molecule has 0 aliphatic carbocycles. The van der Waals surface area contributed by atoms with E-state index in [2.05, 4.69) is 5.32 Å². The summed E-state index contributed by atoms with van der Waals surface area (Å²) in [5.41, 5.74) is 0. The molecule has 1 heterocycles. The van der Waals surface area contributed by atoms with Gasteiger partial charge in [0.1, 0.15) is 0 Å². The standard InChI is InChI=1S/C8H19N3O2S.ClH/c1-4-10(3)14(12,13)11-6-5-9-7-8(11)2;/h8-9H,4-7H2,1-3H3;1H/t8-;/m0./s1. The van der Waals surface area contributed by atoms with E-state index in [1.54, 1.807) is 11.4 Å². The van der Waals surface area contributed by atoms with Gasteiger partial charge in [0, 0.05) is 39.3 Å². The van der Waals surface area contributed by atoms with Gasteiger partial charge < -0.3 is 5.32 Å². The van der Waals surface area contributed by atoms with Crippen LogP contribution in [0.1, 0.15) is 13.8 Å². The van der Waals surface area contributed by atoms with Crippen molar-refractivity contribution in [2.75, 3.05) is 33.2 Å². The highest BCUT2D eigenvalue weighted by Crippen LogP contribution is 2.12. The van der Waals surface area contributed by atoms with E-state index >= 15 is 0 Å². The molecule has 0 saturated carbocycles. The van der Waals surface area contributed by atoms with Crippen LogP contribution in [0.3, 0.4) is 0 Å². The lowest BCUT2D eigenvalue weighted by molar-refractivity contribution is 0.265. The molecule has 1 N–H and O–H groups in total. The van der Waals surface area contributed by atoms with E-state index in [0.717, 1.165) is 13.1 Å². The van der Waals surface area contributed by atoms with Gasteiger partial charge in [-0.3, -0.25) is 0 Å². The second kappa shape index (κ2) is 6.00. The Labute approximate surface area is 98.4 Å². The van der Waals surface area contributed by atoms with Crippen molar-refractivity contribution < 1.29 is 8.42 Å². The lowest BCUT2D eigenvalue weighted by atomic mass is 10.3. The van der Waals surface area contributed by atoms with Crippen LogP contribution in [0.15, 0.2) is 0 Å². The molecule has 1 atom stereocenters. The molecule has 0 amide bonds. The predicted octanol–water partition coefficient (Wildman–Crippen LogP) is -0.102. The molecule has 0 unspecified atom stereocenters. The van der Waals surface area contributed by atoms with E-state index in [-0.39, 0.29) is 18.4 Å². The Hall–Kier alpha value is 0.120. The molecule has 0 aromatic carbocycles. The Morgan fingerprint density at radius 3 is 2.60 bits per heavy atom. The molecular weight excluding hydrogens is 238 g/mol. The largest absolute Gasteiger partial charge is 0.314 e.